The third-order valence-corrected chi connectivity index (χ3v) is 6.00. The number of benzene rings is 1. The quantitative estimate of drug-likeness (QED) is 0.676. The lowest BCUT2D eigenvalue weighted by atomic mass is 10.0. The molecule has 1 nitrogen and oxygen atoms in total. The van der Waals surface area contributed by atoms with Gasteiger partial charge in [0, 0.05) is 13.1 Å². The molecule has 1 aromatic rings. The molecule has 0 aromatic heterocycles. The molecule has 1 aliphatic heterocycles. The van der Waals surface area contributed by atoms with Crippen LogP contribution in [0.2, 0.25) is 0 Å². The van der Waals surface area contributed by atoms with Crippen molar-refractivity contribution in [2.45, 2.75) is 53.5 Å². The second kappa shape index (κ2) is 8.40. The van der Waals surface area contributed by atoms with Gasteiger partial charge in [0.05, 0.1) is 0 Å². The van der Waals surface area contributed by atoms with Gasteiger partial charge in [-0.3, -0.25) is 4.90 Å². The molecule has 1 saturated heterocycles. The molecule has 1 fully saturated rings. The molecular weight excluding hydrogens is 286 g/mol. The fourth-order valence-electron chi connectivity index (χ4n) is 3.08. The Morgan fingerprint density at radius 2 is 1.82 bits per heavy atom. The molecular formula is C20H33NS. The van der Waals surface area contributed by atoms with Crippen LogP contribution in [0.1, 0.15) is 51.7 Å². The van der Waals surface area contributed by atoms with Gasteiger partial charge >= 0.3 is 0 Å². The van der Waals surface area contributed by atoms with Crippen molar-refractivity contribution in [1.29, 1.82) is 0 Å². The van der Waals surface area contributed by atoms with E-state index in [0.717, 1.165) is 12.5 Å². The van der Waals surface area contributed by atoms with Crippen molar-refractivity contribution in [1.82, 2.24) is 4.90 Å². The second-order valence-corrected chi connectivity index (χ2v) is 9.06. The van der Waals surface area contributed by atoms with Gasteiger partial charge in [0.1, 0.15) is 0 Å². The monoisotopic (exact) mass is 319 g/mol. The van der Waals surface area contributed by atoms with Gasteiger partial charge < -0.3 is 0 Å². The Labute approximate surface area is 141 Å². The lowest BCUT2D eigenvalue weighted by molar-refractivity contribution is 0.321. The Morgan fingerprint density at radius 1 is 1.14 bits per heavy atom. The van der Waals surface area contributed by atoms with E-state index in [1.54, 1.807) is 0 Å². The van der Waals surface area contributed by atoms with E-state index in [2.05, 4.69) is 68.6 Å². The number of nitrogens with zero attached hydrogens (tertiary/aromatic N) is 1. The van der Waals surface area contributed by atoms with Gasteiger partial charge in [0.25, 0.3) is 0 Å². The van der Waals surface area contributed by atoms with Crippen LogP contribution in [0.15, 0.2) is 24.3 Å². The van der Waals surface area contributed by atoms with E-state index < -0.39 is 0 Å². The van der Waals surface area contributed by atoms with Crippen LogP contribution in [-0.2, 0) is 13.0 Å². The summed E-state index contributed by atoms with van der Waals surface area (Å²) >= 11 is 2.15. The maximum atomic E-state index is 2.64. The largest absolute Gasteiger partial charge is 0.299 e. The molecule has 0 N–H and O–H groups in total. The third-order valence-electron chi connectivity index (χ3n) is 4.23. The molecule has 2 heteroatoms. The molecule has 2 rings (SSSR count). The van der Waals surface area contributed by atoms with Crippen LogP contribution in [0.3, 0.4) is 0 Å². The molecule has 124 valence electrons. The van der Waals surface area contributed by atoms with Crippen LogP contribution < -0.4 is 0 Å². The van der Waals surface area contributed by atoms with Crippen LogP contribution in [-0.4, -0.2) is 29.5 Å². The maximum Gasteiger partial charge on any atom is 0.0233 e. The van der Waals surface area contributed by atoms with Crippen molar-refractivity contribution < 1.29 is 0 Å². The molecule has 1 aliphatic rings. The Hall–Kier alpha value is -0.470. The van der Waals surface area contributed by atoms with E-state index in [9.17, 15) is 0 Å². The summed E-state index contributed by atoms with van der Waals surface area (Å²) in [5.41, 5.74) is 3.41. The smallest absolute Gasteiger partial charge is 0.0233 e. The van der Waals surface area contributed by atoms with Crippen molar-refractivity contribution in [3.8, 4) is 0 Å². The molecule has 0 spiro atoms. The van der Waals surface area contributed by atoms with E-state index in [-0.39, 0.29) is 0 Å². The zero-order valence-electron chi connectivity index (χ0n) is 14.9. The Bertz CT molecular complexity index is 432. The van der Waals surface area contributed by atoms with Gasteiger partial charge in [-0.1, -0.05) is 58.4 Å². The summed E-state index contributed by atoms with van der Waals surface area (Å²) in [6.45, 7) is 12.9. The highest BCUT2D eigenvalue weighted by Gasteiger charge is 2.23. The summed E-state index contributed by atoms with van der Waals surface area (Å²) in [6.07, 6.45) is 3.82. The van der Waals surface area contributed by atoms with Crippen molar-refractivity contribution in [3.05, 3.63) is 35.4 Å². The maximum absolute atomic E-state index is 2.64. The minimum absolute atomic E-state index is 0.462. The van der Waals surface area contributed by atoms with Crippen LogP contribution in [0.25, 0.3) is 0 Å². The van der Waals surface area contributed by atoms with E-state index >= 15 is 0 Å². The zero-order valence-corrected chi connectivity index (χ0v) is 15.7. The molecule has 0 bridgehead atoms. The van der Waals surface area contributed by atoms with Crippen molar-refractivity contribution in [3.63, 3.8) is 0 Å². The standard InChI is InChI=1S/C20H33NS/c1-5-6-17-7-9-18(10-8-17)13-21-12-11-19(14-21)15-22-16-20(2,3)4/h7-10,19H,5-6,11-16H2,1-4H3. The lowest BCUT2D eigenvalue weighted by Gasteiger charge is -2.19. The Kier molecular flexibility index (Phi) is 6.83. The predicted octanol–water partition coefficient (Wildman–Crippen LogP) is 5.24. The molecule has 22 heavy (non-hydrogen) atoms. The minimum Gasteiger partial charge on any atom is -0.299 e. The molecule has 1 aromatic carbocycles. The van der Waals surface area contributed by atoms with Crippen molar-refractivity contribution in [2.24, 2.45) is 11.3 Å². The average molecular weight is 320 g/mol. The Balaban J connectivity index is 1.71. The van der Waals surface area contributed by atoms with E-state index in [1.807, 2.05) is 0 Å². The number of thioether (sulfide) groups is 1. The zero-order chi connectivity index (χ0) is 16.0. The SMILES string of the molecule is CCCc1ccc(CN2CCC(CSCC(C)(C)C)C2)cc1. The van der Waals surface area contributed by atoms with E-state index in [0.29, 0.717) is 5.41 Å². The normalized spacial score (nSPS) is 19.7. The summed E-state index contributed by atoms with van der Waals surface area (Å²) in [5.74, 6) is 3.51. The first kappa shape index (κ1) is 17.9. The number of rotatable bonds is 7. The van der Waals surface area contributed by atoms with E-state index in [1.165, 1.54) is 55.0 Å². The summed E-state index contributed by atoms with van der Waals surface area (Å²) in [5, 5.41) is 0. The van der Waals surface area contributed by atoms with Crippen LogP contribution in [0.4, 0.5) is 0 Å². The summed E-state index contributed by atoms with van der Waals surface area (Å²) < 4.78 is 0. The van der Waals surface area contributed by atoms with Crippen LogP contribution in [0.5, 0.6) is 0 Å². The molecule has 1 atom stereocenters. The molecule has 0 saturated carbocycles. The highest BCUT2D eigenvalue weighted by Crippen LogP contribution is 2.26. The highest BCUT2D eigenvalue weighted by atomic mass is 32.2. The summed E-state index contributed by atoms with van der Waals surface area (Å²) in [4.78, 5) is 2.64. The third kappa shape index (κ3) is 6.34. The van der Waals surface area contributed by atoms with Gasteiger partial charge in [-0.05, 0) is 53.4 Å². The summed E-state index contributed by atoms with van der Waals surface area (Å²) in [7, 11) is 0. The van der Waals surface area contributed by atoms with Gasteiger partial charge in [0.2, 0.25) is 0 Å². The molecule has 0 aliphatic carbocycles. The van der Waals surface area contributed by atoms with Crippen LogP contribution >= 0.6 is 11.8 Å². The lowest BCUT2D eigenvalue weighted by Crippen LogP contribution is -2.21. The molecule has 0 radical (unpaired) electrons. The van der Waals surface area contributed by atoms with E-state index in [4.69, 9.17) is 0 Å². The fourth-order valence-corrected chi connectivity index (χ4v) is 4.42. The van der Waals surface area contributed by atoms with Crippen LogP contribution in [0, 0.1) is 11.3 Å². The molecule has 1 unspecified atom stereocenters. The van der Waals surface area contributed by atoms with Gasteiger partial charge in [-0.15, -0.1) is 0 Å². The topological polar surface area (TPSA) is 3.24 Å². The first-order valence-corrected chi connectivity index (χ1v) is 9.99. The van der Waals surface area contributed by atoms with Gasteiger partial charge in [-0.25, -0.2) is 0 Å². The summed E-state index contributed by atoms with van der Waals surface area (Å²) in [6, 6.07) is 9.27. The number of likely N-dealkylation sites (tertiary alicyclic amines) is 1. The van der Waals surface area contributed by atoms with Gasteiger partial charge in [0.15, 0.2) is 0 Å². The molecule has 0 amide bonds. The number of aryl methyl sites for hydroxylation is 1. The number of hydrogen-bond acceptors (Lipinski definition) is 2. The first-order valence-electron chi connectivity index (χ1n) is 8.84. The second-order valence-electron chi connectivity index (χ2n) is 8.03. The number of hydrogen-bond donors (Lipinski definition) is 0. The molecule has 1 heterocycles. The highest BCUT2D eigenvalue weighted by molar-refractivity contribution is 7.99. The van der Waals surface area contributed by atoms with Crippen molar-refractivity contribution in [2.75, 3.05) is 24.6 Å². The predicted molar refractivity (Wildman–Crippen MR) is 101 cm³/mol. The fraction of sp³-hybridized carbons (Fsp3) is 0.700. The minimum atomic E-state index is 0.462. The first-order chi connectivity index (χ1) is 10.5. The average Bonchev–Trinajstić information content (AvgIpc) is 2.87. The van der Waals surface area contributed by atoms with Crippen molar-refractivity contribution >= 4 is 11.8 Å². The van der Waals surface area contributed by atoms with Gasteiger partial charge in [-0.2, -0.15) is 11.8 Å². The Morgan fingerprint density at radius 3 is 2.45 bits per heavy atom.